The second-order valence-electron chi connectivity index (χ2n) is 5.69. The zero-order chi connectivity index (χ0) is 17.3. The number of amides is 1. The van der Waals surface area contributed by atoms with E-state index in [-0.39, 0.29) is 5.91 Å². The first kappa shape index (κ1) is 16.9. The average molecular weight is 364 g/mol. The molecule has 3 aromatic rings. The second kappa shape index (κ2) is 6.86. The Morgan fingerprint density at radius 2 is 2.17 bits per heavy atom. The van der Waals surface area contributed by atoms with Crippen molar-refractivity contribution in [2.24, 2.45) is 0 Å². The van der Waals surface area contributed by atoms with Gasteiger partial charge in [-0.15, -0.1) is 11.3 Å². The van der Waals surface area contributed by atoms with Crippen LogP contribution in [0.3, 0.4) is 0 Å². The normalized spacial score (nSPS) is 11.2. The second-order valence-corrected chi connectivity index (χ2v) is 7.49. The molecule has 3 aromatic heterocycles. The molecular formula is C16H18ClN5OS. The van der Waals surface area contributed by atoms with Crippen LogP contribution in [-0.4, -0.2) is 37.4 Å². The van der Waals surface area contributed by atoms with Gasteiger partial charge < -0.3 is 4.90 Å². The van der Waals surface area contributed by atoms with Crippen LogP contribution in [-0.2, 0) is 17.8 Å². The van der Waals surface area contributed by atoms with Gasteiger partial charge in [0.25, 0.3) is 5.78 Å². The van der Waals surface area contributed by atoms with Gasteiger partial charge in [0.15, 0.2) is 0 Å². The van der Waals surface area contributed by atoms with Crippen molar-refractivity contribution in [1.82, 2.24) is 24.5 Å². The Hall–Kier alpha value is -1.99. The number of carbonyl (C=O) groups excluding carboxylic acids is 1. The molecule has 0 saturated carbocycles. The largest absolute Gasteiger partial charge is 0.341 e. The molecule has 0 N–H and O–H groups in total. The van der Waals surface area contributed by atoms with Gasteiger partial charge in [0, 0.05) is 29.7 Å². The fourth-order valence-electron chi connectivity index (χ4n) is 2.70. The number of nitrogens with zero attached hydrogens (tertiary/aromatic N) is 5. The van der Waals surface area contributed by atoms with Gasteiger partial charge in [-0.05, 0) is 38.0 Å². The molecule has 1 amide bonds. The van der Waals surface area contributed by atoms with Crippen LogP contribution < -0.4 is 0 Å². The van der Waals surface area contributed by atoms with Gasteiger partial charge in [-0.1, -0.05) is 11.6 Å². The third-order valence-electron chi connectivity index (χ3n) is 4.03. The van der Waals surface area contributed by atoms with Crippen molar-refractivity contribution in [3.8, 4) is 0 Å². The first-order chi connectivity index (χ1) is 11.5. The van der Waals surface area contributed by atoms with Crippen molar-refractivity contribution >= 4 is 34.6 Å². The first-order valence-electron chi connectivity index (χ1n) is 7.59. The van der Waals surface area contributed by atoms with E-state index in [4.69, 9.17) is 11.6 Å². The molecule has 0 unspecified atom stereocenters. The maximum atomic E-state index is 12.4. The van der Waals surface area contributed by atoms with Gasteiger partial charge in [-0.2, -0.15) is 10.1 Å². The fourth-order valence-corrected chi connectivity index (χ4v) is 3.84. The number of thiophene rings is 1. The standard InChI is InChI=1S/C16H18ClN5OS/c1-10-13(11(2)22-16(20-10)18-9-19-22)5-7-15(23)21(3)8-12-4-6-14(17)24-12/h4,6,9H,5,7-8H2,1-3H3. The van der Waals surface area contributed by atoms with E-state index >= 15 is 0 Å². The Kier molecular flexibility index (Phi) is 4.82. The van der Waals surface area contributed by atoms with E-state index in [1.807, 2.05) is 33.0 Å². The maximum absolute atomic E-state index is 12.4. The molecule has 0 fully saturated rings. The molecule has 0 aliphatic heterocycles. The van der Waals surface area contributed by atoms with Crippen molar-refractivity contribution in [3.63, 3.8) is 0 Å². The third kappa shape index (κ3) is 3.42. The molecule has 8 heteroatoms. The highest BCUT2D eigenvalue weighted by molar-refractivity contribution is 7.16. The summed E-state index contributed by atoms with van der Waals surface area (Å²) in [5, 5.41) is 4.18. The smallest absolute Gasteiger partial charge is 0.252 e. The number of carbonyl (C=O) groups is 1. The van der Waals surface area contributed by atoms with E-state index in [9.17, 15) is 4.79 Å². The van der Waals surface area contributed by atoms with E-state index in [0.717, 1.165) is 26.2 Å². The van der Waals surface area contributed by atoms with Crippen molar-refractivity contribution in [2.75, 3.05) is 7.05 Å². The number of rotatable bonds is 5. The first-order valence-corrected chi connectivity index (χ1v) is 8.79. The van der Waals surface area contributed by atoms with Crippen LogP contribution in [0.5, 0.6) is 0 Å². The Balaban J connectivity index is 1.67. The highest BCUT2D eigenvalue weighted by atomic mass is 35.5. The molecule has 0 saturated heterocycles. The van der Waals surface area contributed by atoms with Crippen LogP contribution in [0.4, 0.5) is 0 Å². The monoisotopic (exact) mass is 363 g/mol. The Labute approximate surface area is 149 Å². The van der Waals surface area contributed by atoms with Gasteiger partial charge >= 0.3 is 0 Å². The number of fused-ring (bicyclic) bond motifs is 1. The van der Waals surface area contributed by atoms with Crippen LogP contribution in [0.15, 0.2) is 18.5 Å². The summed E-state index contributed by atoms with van der Waals surface area (Å²) in [5.74, 6) is 0.684. The number of aryl methyl sites for hydroxylation is 2. The lowest BCUT2D eigenvalue weighted by atomic mass is 10.1. The zero-order valence-electron chi connectivity index (χ0n) is 13.8. The van der Waals surface area contributed by atoms with Gasteiger partial charge in [0.2, 0.25) is 5.91 Å². The highest BCUT2D eigenvalue weighted by Gasteiger charge is 2.15. The topological polar surface area (TPSA) is 63.4 Å². The van der Waals surface area contributed by atoms with Crippen molar-refractivity contribution < 1.29 is 4.79 Å². The van der Waals surface area contributed by atoms with E-state index in [2.05, 4.69) is 15.1 Å². The molecule has 0 bridgehead atoms. The molecule has 3 rings (SSSR count). The third-order valence-corrected chi connectivity index (χ3v) is 5.24. The molecule has 0 spiro atoms. The Bertz CT molecular complexity index is 888. The van der Waals surface area contributed by atoms with Gasteiger partial charge in [0.1, 0.15) is 6.33 Å². The summed E-state index contributed by atoms with van der Waals surface area (Å²) in [5.41, 5.74) is 2.93. The van der Waals surface area contributed by atoms with E-state index in [1.54, 1.807) is 9.42 Å². The number of aromatic nitrogens is 4. The van der Waals surface area contributed by atoms with E-state index in [0.29, 0.717) is 25.2 Å². The lowest BCUT2D eigenvalue weighted by Gasteiger charge is -2.17. The number of hydrogen-bond acceptors (Lipinski definition) is 5. The molecule has 0 aromatic carbocycles. The SMILES string of the molecule is Cc1nc2ncnn2c(C)c1CCC(=O)N(C)Cc1ccc(Cl)s1. The lowest BCUT2D eigenvalue weighted by molar-refractivity contribution is -0.130. The summed E-state index contributed by atoms with van der Waals surface area (Å²) in [4.78, 5) is 23.8. The summed E-state index contributed by atoms with van der Waals surface area (Å²) in [6.07, 6.45) is 2.55. The highest BCUT2D eigenvalue weighted by Crippen LogP contribution is 2.23. The minimum atomic E-state index is 0.0945. The fraction of sp³-hybridized carbons (Fsp3) is 0.375. The summed E-state index contributed by atoms with van der Waals surface area (Å²) in [7, 11) is 1.81. The van der Waals surface area contributed by atoms with Gasteiger partial charge in [0.05, 0.1) is 10.9 Å². The molecule has 24 heavy (non-hydrogen) atoms. The molecule has 0 aliphatic carbocycles. The minimum Gasteiger partial charge on any atom is -0.341 e. The molecule has 3 heterocycles. The number of halogens is 1. The molecule has 0 atom stereocenters. The van der Waals surface area contributed by atoms with Crippen molar-refractivity contribution in [3.05, 3.63) is 44.6 Å². The van der Waals surface area contributed by atoms with Crippen LogP contribution in [0.1, 0.15) is 28.2 Å². The average Bonchev–Trinajstić information content (AvgIpc) is 3.15. The van der Waals surface area contributed by atoms with E-state index < -0.39 is 0 Å². The molecule has 6 nitrogen and oxygen atoms in total. The summed E-state index contributed by atoms with van der Waals surface area (Å²) >= 11 is 7.43. The number of hydrogen-bond donors (Lipinski definition) is 0. The maximum Gasteiger partial charge on any atom is 0.252 e. The lowest BCUT2D eigenvalue weighted by Crippen LogP contribution is -2.26. The van der Waals surface area contributed by atoms with Gasteiger partial charge in [-0.3, -0.25) is 4.79 Å². The van der Waals surface area contributed by atoms with E-state index in [1.165, 1.54) is 17.7 Å². The molecule has 126 valence electrons. The van der Waals surface area contributed by atoms with Crippen LogP contribution in [0.2, 0.25) is 4.34 Å². The van der Waals surface area contributed by atoms with Crippen LogP contribution >= 0.6 is 22.9 Å². The summed E-state index contributed by atoms with van der Waals surface area (Å²) in [6, 6.07) is 3.80. The molecule has 0 aliphatic rings. The predicted molar refractivity (Wildman–Crippen MR) is 94.4 cm³/mol. The zero-order valence-corrected chi connectivity index (χ0v) is 15.4. The Morgan fingerprint density at radius 3 is 2.88 bits per heavy atom. The van der Waals surface area contributed by atoms with Gasteiger partial charge in [-0.25, -0.2) is 9.50 Å². The predicted octanol–water partition coefficient (Wildman–Crippen LogP) is 3.05. The van der Waals surface area contributed by atoms with Crippen molar-refractivity contribution in [2.45, 2.75) is 33.2 Å². The quantitative estimate of drug-likeness (QED) is 0.699. The Morgan fingerprint density at radius 1 is 1.38 bits per heavy atom. The summed E-state index contributed by atoms with van der Waals surface area (Å²) in [6.45, 7) is 4.50. The summed E-state index contributed by atoms with van der Waals surface area (Å²) < 4.78 is 2.45. The molecular weight excluding hydrogens is 346 g/mol. The minimum absolute atomic E-state index is 0.0945. The molecule has 0 radical (unpaired) electrons. The van der Waals surface area contributed by atoms with Crippen molar-refractivity contribution in [1.29, 1.82) is 0 Å². The van der Waals surface area contributed by atoms with Crippen LogP contribution in [0.25, 0.3) is 5.78 Å². The van der Waals surface area contributed by atoms with Crippen LogP contribution in [0, 0.1) is 13.8 Å².